The molecule has 0 spiro atoms. The fourth-order valence-corrected chi connectivity index (χ4v) is 4.17. The molecule has 0 radical (unpaired) electrons. The first-order chi connectivity index (χ1) is 17.5. The number of piperazine rings is 1. The average Bonchev–Trinajstić information content (AvgIpc) is 3.30. The zero-order valence-electron chi connectivity index (χ0n) is 19.5. The van der Waals surface area contributed by atoms with Crippen LogP contribution in [0.4, 0.5) is 10.2 Å². The third kappa shape index (κ3) is 5.08. The maximum Gasteiger partial charge on any atom is 0.248 e. The van der Waals surface area contributed by atoms with Crippen LogP contribution in [0, 0.1) is 5.82 Å². The summed E-state index contributed by atoms with van der Waals surface area (Å²) in [6, 6.07) is 9.32. The number of carbonyl (C=O) groups excluding carboxylic acids is 2. The number of primary amides is 1. The van der Waals surface area contributed by atoms with Gasteiger partial charge in [-0.3, -0.25) is 14.6 Å². The highest BCUT2D eigenvalue weighted by molar-refractivity contribution is 5.96. The summed E-state index contributed by atoms with van der Waals surface area (Å²) < 4.78 is 20.7. The molecule has 1 aliphatic heterocycles. The maximum absolute atomic E-state index is 13.4. The second kappa shape index (κ2) is 10.2. The van der Waals surface area contributed by atoms with Crippen molar-refractivity contribution in [2.45, 2.75) is 13.0 Å². The Hall–Kier alpha value is -4.19. The Morgan fingerprint density at radius 2 is 1.81 bits per heavy atom. The van der Waals surface area contributed by atoms with Gasteiger partial charge in [-0.1, -0.05) is 5.21 Å². The summed E-state index contributed by atoms with van der Waals surface area (Å²) in [5.41, 5.74) is 8.25. The first-order valence-corrected chi connectivity index (χ1v) is 11.6. The Morgan fingerprint density at radius 1 is 1.00 bits per heavy atom. The first kappa shape index (κ1) is 23.5. The van der Waals surface area contributed by atoms with E-state index < -0.39 is 5.91 Å². The lowest BCUT2D eigenvalue weighted by atomic mass is 10.2. The molecule has 2 aromatic carbocycles. The van der Waals surface area contributed by atoms with Crippen molar-refractivity contribution >= 4 is 39.7 Å². The highest BCUT2D eigenvalue weighted by atomic mass is 19.1. The number of anilines is 1. The Labute approximate surface area is 205 Å². The van der Waals surface area contributed by atoms with Crippen molar-refractivity contribution in [1.82, 2.24) is 29.9 Å². The minimum absolute atomic E-state index is 0.0343. The van der Waals surface area contributed by atoms with Crippen LogP contribution in [-0.2, 0) is 16.1 Å². The Morgan fingerprint density at radius 3 is 2.61 bits per heavy atom. The number of rotatable bonds is 8. The number of ether oxygens (including phenoxy) is 1. The third-order valence-corrected chi connectivity index (χ3v) is 6.15. The number of nitrogens with two attached hydrogens (primary N) is 1. The van der Waals surface area contributed by atoms with Crippen LogP contribution in [0.2, 0.25) is 0 Å². The van der Waals surface area contributed by atoms with Gasteiger partial charge in [0, 0.05) is 37.8 Å². The molecule has 186 valence electrons. The molecule has 0 unspecified atom stereocenters. The van der Waals surface area contributed by atoms with E-state index in [9.17, 15) is 14.0 Å². The monoisotopic (exact) mass is 492 g/mol. The molecule has 12 heteroatoms. The normalized spacial score (nSPS) is 14.0. The Bertz CT molecular complexity index is 1420. The predicted molar refractivity (Wildman–Crippen MR) is 130 cm³/mol. The summed E-state index contributed by atoms with van der Waals surface area (Å²) in [6.45, 7) is 3.52. The van der Waals surface area contributed by atoms with E-state index in [2.05, 4.69) is 25.2 Å². The van der Waals surface area contributed by atoms with Crippen molar-refractivity contribution in [2.75, 3.05) is 44.3 Å². The number of carbonyl (C=O) groups is 2. The van der Waals surface area contributed by atoms with E-state index in [0.29, 0.717) is 79.4 Å². The second-order valence-electron chi connectivity index (χ2n) is 8.47. The molecule has 4 aromatic rings. The topological polar surface area (TPSA) is 132 Å². The number of halogens is 1. The van der Waals surface area contributed by atoms with Gasteiger partial charge in [0.25, 0.3) is 0 Å². The molecule has 0 atom stereocenters. The highest BCUT2D eigenvalue weighted by Gasteiger charge is 2.22. The van der Waals surface area contributed by atoms with Crippen LogP contribution in [-0.4, -0.2) is 81.1 Å². The molecule has 11 nitrogen and oxygen atoms in total. The second-order valence-corrected chi connectivity index (χ2v) is 8.47. The zero-order chi connectivity index (χ0) is 25.1. The highest BCUT2D eigenvalue weighted by Crippen LogP contribution is 2.18. The van der Waals surface area contributed by atoms with Crippen molar-refractivity contribution in [1.29, 1.82) is 0 Å². The lowest BCUT2D eigenvalue weighted by molar-refractivity contribution is -0.132. The van der Waals surface area contributed by atoms with Crippen LogP contribution in [0.25, 0.3) is 22.1 Å². The summed E-state index contributed by atoms with van der Waals surface area (Å²) in [6.07, 6.45) is 1.92. The van der Waals surface area contributed by atoms with Crippen molar-refractivity contribution in [3.8, 4) is 0 Å². The summed E-state index contributed by atoms with van der Waals surface area (Å²) >= 11 is 0. The van der Waals surface area contributed by atoms with E-state index in [1.807, 2.05) is 4.90 Å². The van der Waals surface area contributed by atoms with Gasteiger partial charge in [-0.25, -0.2) is 14.1 Å². The van der Waals surface area contributed by atoms with Crippen LogP contribution in [0.3, 0.4) is 0 Å². The van der Waals surface area contributed by atoms with Crippen LogP contribution >= 0.6 is 0 Å². The molecule has 5 rings (SSSR count). The van der Waals surface area contributed by atoms with Gasteiger partial charge in [0.2, 0.25) is 11.8 Å². The smallest absolute Gasteiger partial charge is 0.248 e. The SMILES string of the molecule is NC(=O)c1ccc2nnn(CCOCCC(=O)N3CCN(c4cnc5cc(F)ccc5n4)CC3)c2c1. The van der Waals surface area contributed by atoms with Gasteiger partial charge in [-0.2, -0.15) is 0 Å². The molecule has 2 N–H and O–H groups in total. The number of nitrogens with zero attached hydrogens (tertiary/aromatic N) is 7. The summed E-state index contributed by atoms with van der Waals surface area (Å²) in [5.74, 6) is -0.103. The molecule has 2 aromatic heterocycles. The molecule has 36 heavy (non-hydrogen) atoms. The van der Waals surface area contributed by atoms with Gasteiger partial charge in [-0.15, -0.1) is 5.10 Å². The van der Waals surface area contributed by atoms with Crippen LogP contribution in [0.1, 0.15) is 16.8 Å². The van der Waals surface area contributed by atoms with Gasteiger partial charge in [0.1, 0.15) is 17.2 Å². The number of amides is 2. The fraction of sp³-hybridized carbons (Fsp3) is 0.333. The number of hydrogen-bond donors (Lipinski definition) is 1. The van der Waals surface area contributed by atoms with E-state index in [1.54, 1.807) is 35.1 Å². The Balaban J connectivity index is 1.06. The van der Waals surface area contributed by atoms with Gasteiger partial charge < -0.3 is 20.3 Å². The van der Waals surface area contributed by atoms with Gasteiger partial charge >= 0.3 is 0 Å². The average molecular weight is 493 g/mol. The third-order valence-electron chi connectivity index (χ3n) is 6.15. The quantitative estimate of drug-likeness (QED) is 0.365. The number of aromatic nitrogens is 5. The van der Waals surface area contributed by atoms with E-state index >= 15 is 0 Å². The van der Waals surface area contributed by atoms with Gasteiger partial charge in [0.05, 0.1) is 48.9 Å². The first-order valence-electron chi connectivity index (χ1n) is 11.6. The van der Waals surface area contributed by atoms with Crippen LogP contribution in [0.15, 0.2) is 42.6 Å². The lowest BCUT2D eigenvalue weighted by Crippen LogP contribution is -2.49. The van der Waals surface area contributed by atoms with E-state index in [4.69, 9.17) is 10.5 Å². The minimum Gasteiger partial charge on any atom is -0.379 e. The molecular formula is C24H25FN8O3. The number of benzene rings is 2. The molecule has 2 amide bonds. The number of hydrogen-bond acceptors (Lipinski definition) is 8. The molecule has 1 fully saturated rings. The van der Waals surface area contributed by atoms with Gasteiger partial charge in [0.15, 0.2) is 0 Å². The maximum atomic E-state index is 13.4. The number of fused-ring (bicyclic) bond motifs is 2. The summed E-state index contributed by atoms with van der Waals surface area (Å²) in [4.78, 5) is 36.8. The van der Waals surface area contributed by atoms with Crippen molar-refractivity contribution in [2.24, 2.45) is 5.73 Å². The molecule has 0 bridgehead atoms. The molecule has 3 heterocycles. The van der Waals surface area contributed by atoms with Crippen molar-refractivity contribution in [3.63, 3.8) is 0 Å². The van der Waals surface area contributed by atoms with Crippen molar-refractivity contribution < 1.29 is 18.7 Å². The zero-order valence-corrected chi connectivity index (χ0v) is 19.5. The van der Waals surface area contributed by atoms with E-state index in [0.717, 1.165) is 0 Å². The van der Waals surface area contributed by atoms with E-state index in [-0.39, 0.29) is 18.1 Å². The van der Waals surface area contributed by atoms with Crippen LogP contribution < -0.4 is 10.6 Å². The lowest BCUT2D eigenvalue weighted by Gasteiger charge is -2.35. The largest absolute Gasteiger partial charge is 0.379 e. The standard InChI is InChI=1S/C24H25FN8O3/c25-17-2-4-18-20(14-17)27-15-22(28-18)31-6-8-32(9-7-31)23(34)5-11-36-12-10-33-21-13-16(24(26)35)1-3-19(21)29-30-33/h1-4,13-15H,5-12H2,(H2,26,35). The molecule has 0 saturated carbocycles. The van der Waals surface area contributed by atoms with Crippen molar-refractivity contribution in [3.05, 3.63) is 54.0 Å². The van der Waals surface area contributed by atoms with Crippen LogP contribution in [0.5, 0.6) is 0 Å². The predicted octanol–water partition coefficient (Wildman–Crippen LogP) is 1.37. The Kier molecular flexibility index (Phi) is 6.67. The summed E-state index contributed by atoms with van der Waals surface area (Å²) in [7, 11) is 0. The minimum atomic E-state index is -0.512. The molecule has 1 aliphatic rings. The summed E-state index contributed by atoms with van der Waals surface area (Å²) in [5, 5.41) is 8.15. The fourth-order valence-electron chi connectivity index (χ4n) is 4.17. The van der Waals surface area contributed by atoms with Gasteiger partial charge in [-0.05, 0) is 30.3 Å². The van der Waals surface area contributed by atoms with E-state index in [1.165, 1.54) is 12.1 Å². The molecule has 1 saturated heterocycles. The molecule has 0 aliphatic carbocycles. The molecular weight excluding hydrogens is 467 g/mol.